The number of amides is 1. The van der Waals surface area contributed by atoms with E-state index in [0.29, 0.717) is 5.56 Å². The van der Waals surface area contributed by atoms with Crippen molar-refractivity contribution in [3.8, 4) is 0 Å². The number of H-pyrrole nitrogens is 1. The summed E-state index contributed by atoms with van der Waals surface area (Å²) in [5.41, 5.74) is 2.97. The molecule has 1 aromatic heterocycles. The molecular weight excluding hydrogens is 260 g/mol. The summed E-state index contributed by atoms with van der Waals surface area (Å²) in [6.45, 7) is 2.03. The van der Waals surface area contributed by atoms with Gasteiger partial charge in [0.2, 0.25) is 0 Å². The zero-order valence-corrected chi connectivity index (χ0v) is 12.0. The summed E-state index contributed by atoms with van der Waals surface area (Å²) in [7, 11) is 0. The van der Waals surface area contributed by atoms with Crippen LogP contribution < -0.4 is 5.32 Å². The smallest absolute Gasteiger partial charge is 0.251 e. The first-order chi connectivity index (χ1) is 10.2. The van der Waals surface area contributed by atoms with Gasteiger partial charge in [-0.15, -0.1) is 0 Å². The lowest BCUT2D eigenvalue weighted by Crippen LogP contribution is -2.34. The fourth-order valence-corrected chi connectivity index (χ4v) is 2.52. The van der Waals surface area contributed by atoms with E-state index in [0.717, 1.165) is 17.3 Å². The molecule has 0 bridgehead atoms. The van der Waals surface area contributed by atoms with Gasteiger partial charge in [0.05, 0.1) is 0 Å². The van der Waals surface area contributed by atoms with Crippen LogP contribution in [0.2, 0.25) is 0 Å². The molecule has 0 aliphatic rings. The molecule has 1 heterocycles. The van der Waals surface area contributed by atoms with Crippen LogP contribution in [-0.2, 0) is 6.42 Å². The van der Waals surface area contributed by atoms with Gasteiger partial charge in [-0.3, -0.25) is 4.79 Å². The monoisotopic (exact) mass is 278 g/mol. The van der Waals surface area contributed by atoms with Crippen molar-refractivity contribution in [3.05, 3.63) is 71.9 Å². The van der Waals surface area contributed by atoms with E-state index in [2.05, 4.69) is 22.4 Å². The van der Waals surface area contributed by atoms with Crippen LogP contribution in [0.4, 0.5) is 0 Å². The Labute approximate surface area is 124 Å². The minimum absolute atomic E-state index is 0.0264. The average molecular weight is 278 g/mol. The van der Waals surface area contributed by atoms with Crippen molar-refractivity contribution < 1.29 is 4.79 Å². The minimum Gasteiger partial charge on any atom is -0.361 e. The summed E-state index contributed by atoms with van der Waals surface area (Å²) in [5.74, 6) is -0.0264. The number of rotatable bonds is 4. The molecule has 2 N–H and O–H groups in total. The molecule has 0 radical (unpaired) electrons. The molecule has 0 saturated carbocycles. The van der Waals surface area contributed by atoms with Crippen LogP contribution in [0.3, 0.4) is 0 Å². The number of nitrogens with one attached hydrogen (secondary N) is 2. The molecule has 0 aliphatic carbocycles. The minimum atomic E-state index is -0.0264. The van der Waals surface area contributed by atoms with Crippen LogP contribution in [0.1, 0.15) is 22.8 Å². The zero-order chi connectivity index (χ0) is 14.7. The summed E-state index contributed by atoms with van der Waals surface area (Å²) >= 11 is 0. The maximum atomic E-state index is 12.3. The van der Waals surface area contributed by atoms with Crippen molar-refractivity contribution >= 4 is 16.8 Å². The SMILES string of the molecule is CC(Cc1ccccc1)NC(=O)c1ccc2[nH]ccc2c1. The van der Waals surface area contributed by atoms with E-state index < -0.39 is 0 Å². The zero-order valence-electron chi connectivity index (χ0n) is 12.0. The fourth-order valence-electron chi connectivity index (χ4n) is 2.52. The molecule has 1 amide bonds. The molecule has 0 aliphatic heterocycles. The van der Waals surface area contributed by atoms with Crippen LogP contribution in [-0.4, -0.2) is 16.9 Å². The van der Waals surface area contributed by atoms with E-state index in [9.17, 15) is 4.79 Å². The Balaban J connectivity index is 1.67. The largest absolute Gasteiger partial charge is 0.361 e. The molecule has 0 saturated heterocycles. The Kier molecular flexibility index (Phi) is 3.73. The van der Waals surface area contributed by atoms with Gasteiger partial charge in [-0.05, 0) is 43.2 Å². The third-order valence-corrected chi connectivity index (χ3v) is 3.58. The van der Waals surface area contributed by atoms with Crippen LogP contribution in [0.5, 0.6) is 0 Å². The molecule has 21 heavy (non-hydrogen) atoms. The van der Waals surface area contributed by atoms with Gasteiger partial charge in [0.15, 0.2) is 0 Å². The number of benzene rings is 2. The van der Waals surface area contributed by atoms with Crippen molar-refractivity contribution in [2.24, 2.45) is 0 Å². The van der Waals surface area contributed by atoms with E-state index in [1.807, 2.05) is 55.6 Å². The van der Waals surface area contributed by atoms with Gasteiger partial charge in [0, 0.05) is 28.7 Å². The van der Waals surface area contributed by atoms with Crippen LogP contribution in [0, 0.1) is 0 Å². The molecule has 3 heteroatoms. The van der Waals surface area contributed by atoms with Gasteiger partial charge < -0.3 is 10.3 Å². The molecule has 1 atom stereocenters. The number of carbonyl (C=O) groups excluding carboxylic acids is 1. The van der Waals surface area contributed by atoms with Crippen molar-refractivity contribution in [2.75, 3.05) is 0 Å². The second-order valence-electron chi connectivity index (χ2n) is 5.34. The third-order valence-electron chi connectivity index (χ3n) is 3.58. The van der Waals surface area contributed by atoms with Gasteiger partial charge >= 0.3 is 0 Å². The first-order valence-electron chi connectivity index (χ1n) is 7.14. The Bertz CT molecular complexity index is 746. The molecule has 1 unspecified atom stereocenters. The van der Waals surface area contributed by atoms with E-state index in [-0.39, 0.29) is 11.9 Å². The van der Waals surface area contributed by atoms with Gasteiger partial charge in [-0.25, -0.2) is 0 Å². The summed E-state index contributed by atoms with van der Waals surface area (Å²) < 4.78 is 0. The Morgan fingerprint density at radius 2 is 1.95 bits per heavy atom. The molecular formula is C18H18N2O. The Morgan fingerprint density at radius 1 is 1.14 bits per heavy atom. The first kappa shape index (κ1) is 13.4. The van der Waals surface area contributed by atoms with Gasteiger partial charge in [0.25, 0.3) is 5.91 Å². The van der Waals surface area contributed by atoms with E-state index in [1.54, 1.807) is 0 Å². The number of hydrogen-bond donors (Lipinski definition) is 2. The molecule has 3 nitrogen and oxygen atoms in total. The highest BCUT2D eigenvalue weighted by Gasteiger charge is 2.11. The average Bonchev–Trinajstić information content (AvgIpc) is 2.95. The summed E-state index contributed by atoms with van der Waals surface area (Å²) in [6.07, 6.45) is 2.71. The number of fused-ring (bicyclic) bond motifs is 1. The second-order valence-corrected chi connectivity index (χ2v) is 5.34. The molecule has 2 aromatic carbocycles. The highest BCUT2D eigenvalue weighted by molar-refractivity contribution is 5.98. The van der Waals surface area contributed by atoms with Crippen LogP contribution in [0.25, 0.3) is 10.9 Å². The number of hydrogen-bond acceptors (Lipinski definition) is 1. The predicted molar refractivity (Wildman–Crippen MR) is 85.4 cm³/mol. The number of aromatic amines is 1. The number of aromatic nitrogens is 1. The van der Waals surface area contributed by atoms with Gasteiger partial charge in [-0.1, -0.05) is 30.3 Å². The highest BCUT2D eigenvalue weighted by atomic mass is 16.1. The third kappa shape index (κ3) is 3.14. The maximum absolute atomic E-state index is 12.3. The lowest BCUT2D eigenvalue weighted by Gasteiger charge is -2.14. The van der Waals surface area contributed by atoms with Crippen molar-refractivity contribution in [1.82, 2.24) is 10.3 Å². The highest BCUT2D eigenvalue weighted by Crippen LogP contribution is 2.14. The summed E-state index contributed by atoms with van der Waals surface area (Å²) in [5, 5.41) is 4.11. The van der Waals surface area contributed by atoms with Crippen LogP contribution in [0.15, 0.2) is 60.8 Å². The lowest BCUT2D eigenvalue weighted by molar-refractivity contribution is 0.0940. The fraction of sp³-hybridized carbons (Fsp3) is 0.167. The van der Waals surface area contributed by atoms with Crippen molar-refractivity contribution in [1.29, 1.82) is 0 Å². The molecule has 0 spiro atoms. The van der Waals surface area contributed by atoms with Crippen molar-refractivity contribution in [2.45, 2.75) is 19.4 Å². The molecule has 106 valence electrons. The van der Waals surface area contributed by atoms with E-state index in [1.165, 1.54) is 5.56 Å². The first-order valence-corrected chi connectivity index (χ1v) is 7.14. The second kappa shape index (κ2) is 5.83. The predicted octanol–water partition coefficient (Wildman–Crippen LogP) is 3.53. The Hall–Kier alpha value is -2.55. The van der Waals surface area contributed by atoms with E-state index in [4.69, 9.17) is 0 Å². The molecule has 3 rings (SSSR count). The van der Waals surface area contributed by atoms with Gasteiger partial charge in [-0.2, -0.15) is 0 Å². The molecule has 3 aromatic rings. The van der Waals surface area contributed by atoms with Crippen LogP contribution >= 0.6 is 0 Å². The number of carbonyl (C=O) groups is 1. The normalized spacial score (nSPS) is 12.2. The maximum Gasteiger partial charge on any atom is 0.251 e. The summed E-state index contributed by atoms with van der Waals surface area (Å²) in [6, 6.07) is 18.0. The lowest BCUT2D eigenvalue weighted by atomic mass is 10.1. The van der Waals surface area contributed by atoms with Gasteiger partial charge in [0.1, 0.15) is 0 Å². The van der Waals surface area contributed by atoms with E-state index >= 15 is 0 Å². The summed E-state index contributed by atoms with van der Waals surface area (Å²) in [4.78, 5) is 15.4. The standard InChI is InChI=1S/C18H18N2O/c1-13(11-14-5-3-2-4-6-14)20-18(21)16-7-8-17-15(12-16)9-10-19-17/h2-10,12-13,19H,11H2,1H3,(H,20,21). The molecule has 0 fully saturated rings. The van der Waals surface area contributed by atoms with Crippen molar-refractivity contribution in [3.63, 3.8) is 0 Å². The Morgan fingerprint density at radius 3 is 2.76 bits per heavy atom. The topological polar surface area (TPSA) is 44.9 Å². The quantitative estimate of drug-likeness (QED) is 0.753.